The van der Waals surface area contributed by atoms with Crippen molar-refractivity contribution in [3.8, 4) is 0 Å². The lowest BCUT2D eigenvalue weighted by molar-refractivity contribution is -0.106. The van der Waals surface area contributed by atoms with E-state index in [-0.39, 0.29) is 10.7 Å². The molecule has 3 nitrogen and oxygen atoms in total. The molecular weight excluding hydrogens is 303 g/mol. The first-order chi connectivity index (χ1) is 8.50. The number of sulfonamides is 1. The standard InChI is InChI=1S/C11H11ClF3NO2S/c1-7(2)9-4-3-8(5-10(9)12)16-19(17,18)6-11(13,14)15/h3-5,16H,1,6H2,2H3. The van der Waals surface area contributed by atoms with Gasteiger partial charge < -0.3 is 0 Å². The third-order valence-electron chi connectivity index (χ3n) is 2.06. The molecule has 0 saturated carbocycles. The van der Waals surface area contributed by atoms with Crippen LogP contribution in [0.3, 0.4) is 0 Å². The van der Waals surface area contributed by atoms with Crippen molar-refractivity contribution in [2.24, 2.45) is 0 Å². The Morgan fingerprint density at radius 3 is 2.42 bits per heavy atom. The number of hydrogen-bond acceptors (Lipinski definition) is 2. The Labute approximate surface area is 114 Å². The fourth-order valence-electron chi connectivity index (χ4n) is 1.36. The van der Waals surface area contributed by atoms with Crippen molar-refractivity contribution >= 4 is 32.9 Å². The van der Waals surface area contributed by atoms with Crippen molar-refractivity contribution in [2.75, 3.05) is 10.5 Å². The summed E-state index contributed by atoms with van der Waals surface area (Å²) in [6.45, 7) is 5.37. The Kier molecular flexibility index (Phi) is 4.52. The van der Waals surface area contributed by atoms with Crippen LogP contribution in [-0.2, 0) is 10.0 Å². The van der Waals surface area contributed by atoms with Gasteiger partial charge in [-0.05, 0) is 30.2 Å². The van der Waals surface area contributed by atoms with Crippen LogP contribution in [0.1, 0.15) is 12.5 Å². The lowest BCUT2D eigenvalue weighted by Gasteiger charge is -2.11. The van der Waals surface area contributed by atoms with Gasteiger partial charge in [0.15, 0.2) is 5.75 Å². The highest BCUT2D eigenvalue weighted by Crippen LogP contribution is 2.27. The quantitative estimate of drug-likeness (QED) is 0.921. The van der Waals surface area contributed by atoms with E-state index in [1.807, 2.05) is 4.72 Å². The van der Waals surface area contributed by atoms with Crippen LogP contribution in [0.4, 0.5) is 18.9 Å². The molecule has 1 aromatic rings. The molecule has 0 aliphatic rings. The normalized spacial score (nSPS) is 12.3. The molecule has 1 rings (SSSR count). The SMILES string of the molecule is C=C(C)c1ccc(NS(=O)(=O)CC(F)(F)F)cc1Cl. The van der Waals surface area contributed by atoms with Crippen LogP contribution in [-0.4, -0.2) is 20.3 Å². The maximum Gasteiger partial charge on any atom is 0.404 e. The lowest BCUT2D eigenvalue weighted by atomic mass is 10.1. The Morgan fingerprint density at radius 1 is 1.42 bits per heavy atom. The molecule has 0 aliphatic heterocycles. The molecule has 0 aliphatic carbocycles. The summed E-state index contributed by atoms with van der Waals surface area (Å²) in [5.74, 6) is -1.94. The van der Waals surface area contributed by atoms with Crippen LogP contribution in [0.15, 0.2) is 24.8 Å². The number of anilines is 1. The molecule has 0 unspecified atom stereocenters. The molecule has 0 bridgehead atoms. The van der Waals surface area contributed by atoms with Gasteiger partial charge in [-0.2, -0.15) is 13.2 Å². The van der Waals surface area contributed by atoms with Gasteiger partial charge in [0.05, 0.1) is 5.02 Å². The number of benzene rings is 1. The molecule has 0 heterocycles. The molecule has 0 amide bonds. The van der Waals surface area contributed by atoms with Crippen molar-refractivity contribution < 1.29 is 21.6 Å². The molecule has 19 heavy (non-hydrogen) atoms. The van der Waals surface area contributed by atoms with Gasteiger partial charge in [0.2, 0.25) is 10.0 Å². The predicted octanol–water partition coefficient (Wildman–Crippen LogP) is 3.68. The second-order valence-electron chi connectivity index (χ2n) is 3.95. The first-order valence-electron chi connectivity index (χ1n) is 5.03. The lowest BCUT2D eigenvalue weighted by Crippen LogP contribution is -2.27. The number of allylic oxidation sites excluding steroid dienone is 1. The largest absolute Gasteiger partial charge is 0.404 e. The van der Waals surface area contributed by atoms with E-state index in [9.17, 15) is 21.6 Å². The first kappa shape index (κ1) is 15.8. The van der Waals surface area contributed by atoms with Crippen LogP contribution in [0, 0.1) is 0 Å². The molecule has 0 spiro atoms. The average molecular weight is 314 g/mol. The zero-order chi connectivity index (χ0) is 14.8. The van der Waals surface area contributed by atoms with Gasteiger partial charge in [-0.3, -0.25) is 4.72 Å². The topological polar surface area (TPSA) is 46.2 Å². The van der Waals surface area contributed by atoms with E-state index in [0.717, 1.165) is 0 Å². The summed E-state index contributed by atoms with van der Waals surface area (Å²) in [4.78, 5) is 0. The van der Waals surface area contributed by atoms with E-state index in [4.69, 9.17) is 11.6 Å². The monoisotopic (exact) mass is 313 g/mol. The van der Waals surface area contributed by atoms with E-state index >= 15 is 0 Å². The molecule has 8 heteroatoms. The molecular formula is C11H11ClF3NO2S. The van der Waals surface area contributed by atoms with E-state index in [0.29, 0.717) is 11.1 Å². The van der Waals surface area contributed by atoms with Crippen LogP contribution >= 0.6 is 11.6 Å². The van der Waals surface area contributed by atoms with Crippen molar-refractivity contribution in [1.29, 1.82) is 0 Å². The zero-order valence-corrected chi connectivity index (χ0v) is 11.5. The fraction of sp³-hybridized carbons (Fsp3) is 0.273. The second-order valence-corrected chi connectivity index (χ2v) is 6.08. The Morgan fingerprint density at radius 2 is 2.00 bits per heavy atom. The third-order valence-corrected chi connectivity index (χ3v) is 3.62. The zero-order valence-electron chi connectivity index (χ0n) is 9.88. The smallest absolute Gasteiger partial charge is 0.283 e. The van der Waals surface area contributed by atoms with Gasteiger partial charge in [0.25, 0.3) is 0 Å². The van der Waals surface area contributed by atoms with Gasteiger partial charge in [0.1, 0.15) is 0 Å². The Bertz CT molecular complexity index is 596. The van der Waals surface area contributed by atoms with E-state index in [2.05, 4.69) is 6.58 Å². The number of halogens is 4. The summed E-state index contributed by atoms with van der Waals surface area (Å²) in [6, 6.07) is 4.04. The van der Waals surface area contributed by atoms with Crippen molar-refractivity contribution in [3.05, 3.63) is 35.4 Å². The third kappa shape index (κ3) is 5.12. The number of rotatable bonds is 4. The summed E-state index contributed by atoms with van der Waals surface area (Å²) in [5.41, 5.74) is 1.23. The minimum Gasteiger partial charge on any atom is -0.283 e. The Hall–Kier alpha value is -1.21. The summed E-state index contributed by atoms with van der Waals surface area (Å²) in [7, 11) is -4.50. The maximum absolute atomic E-state index is 12.0. The van der Waals surface area contributed by atoms with Gasteiger partial charge in [0, 0.05) is 5.69 Å². The minimum absolute atomic E-state index is 0.0285. The molecule has 1 N–H and O–H groups in total. The molecule has 106 valence electrons. The van der Waals surface area contributed by atoms with Crippen LogP contribution in [0.5, 0.6) is 0 Å². The molecule has 0 fully saturated rings. The van der Waals surface area contributed by atoms with E-state index < -0.39 is 22.0 Å². The predicted molar refractivity (Wildman–Crippen MR) is 69.6 cm³/mol. The van der Waals surface area contributed by atoms with Crippen LogP contribution in [0.2, 0.25) is 5.02 Å². The molecule has 0 saturated heterocycles. The van der Waals surface area contributed by atoms with E-state index in [1.165, 1.54) is 18.2 Å². The average Bonchev–Trinajstić information content (AvgIpc) is 2.11. The molecule has 0 atom stereocenters. The van der Waals surface area contributed by atoms with E-state index in [1.54, 1.807) is 6.92 Å². The fourth-order valence-corrected chi connectivity index (χ4v) is 2.69. The van der Waals surface area contributed by atoms with Crippen LogP contribution < -0.4 is 4.72 Å². The number of nitrogens with one attached hydrogen (secondary N) is 1. The summed E-state index contributed by atoms with van der Waals surface area (Å²) in [6.07, 6.45) is -4.80. The second kappa shape index (κ2) is 5.42. The molecule has 0 radical (unpaired) electrons. The molecule has 0 aromatic heterocycles. The van der Waals surface area contributed by atoms with Gasteiger partial charge in [-0.15, -0.1) is 0 Å². The summed E-state index contributed by atoms with van der Waals surface area (Å²) in [5, 5.41) is 0.208. The maximum atomic E-state index is 12.0. The van der Waals surface area contributed by atoms with Crippen LogP contribution in [0.25, 0.3) is 5.57 Å². The first-order valence-corrected chi connectivity index (χ1v) is 7.06. The molecule has 1 aromatic carbocycles. The highest BCUT2D eigenvalue weighted by atomic mass is 35.5. The van der Waals surface area contributed by atoms with Gasteiger partial charge >= 0.3 is 6.18 Å². The summed E-state index contributed by atoms with van der Waals surface area (Å²) < 4.78 is 60.5. The highest BCUT2D eigenvalue weighted by Gasteiger charge is 2.35. The highest BCUT2D eigenvalue weighted by molar-refractivity contribution is 7.92. The van der Waals surface area contributed by atoms with Crippen molar-refractivity contribution in [1.82, 2.24) is 0 Å². The Balaban J connectivity index is 2.95. The summed E-state index contributed by atoms with van der Waals surface area (Å²) >= 11 is 5.87. The minimum atomic E-state index is -4.80. The van der Waals surface area contributed by atoms with Crippen molar-refractivity contribution in [2.45, 2.75) is 13.1 Å². The van der Waals surface area contributed by atoms with Crippen molar-refractivity contribution in [3.63, 3.8) is 0 Å². The van der Waals surface area contributed by atoms with Gasteiger partial charge in [-0.25, -0.2) is 8.42 Å². The number of alkyl halides is 3. The van der Waals surface area contributed by atoms with Gasteiger partial charge in [-0.1, -0.05) is 24.2 Å². The number of hydrogen-bond donors (Lipinski definition) is 1.